The van der Waals surface area contributed by atoms with Gasteiger partial charge in [-0.2, -0.15) is 5.26 Å². The molecule has 1 atom stereocenters. The molecule has 0 saturated carbocycles. The zero-order valence-electron chi connectivity index (χ0n) is 11.0. The molecule has 2 aromatic carbocycles. The smallest absolute Gasteiger partial charge is 0.118 e. The highest BCUT2D eigenvalue weighted by atomic mass is 16.3. The molecule has 0 aliphatic heterocycles. The van der Waals surface area contributed by atoms with Crippen molar-refractivity contribution < 1.29 is 5.11 Å². The van der Waals surface area contributed by atoms with Crippen molar-refractivity contribution in [3.8, 4) is 11.8 Å². The number of hydrogen-bond acceptors (Lipinski definition) is 3. The van der Waals surface area contributed by atoms with E-state index in [0.717, 1.165) is 16.8 Å². The minimum atomic E-state index is 0.136. The maximum absolute atomic E-state index is 9.49. The fraction of sp³-hybridized carbons (Fsp3) is 0.188. The lowest BCUT2D eigenvalue weighted by Gasteiger charge is -2.16. The molecule has 0 aromatic heterocycles. The molecule has 0 spiro atoms. The molecule has 0 saturated heterocycles. The van der Waals surface area contributed by atoms with E-state index in [-0.39, 0.29) is 6.04 Å². The maximum atomic E-state index is 9.49. The highest BCUT2D eigenvalue weighted by molar-refractivity contribution is 5.51. The lowest BCUT2D eigenvalue weighted by molar-refractivity contribution is 0.471. The Morgan fingerprint density at radius 1 is 1.16 bits per heavy atom. The number of nitrogens with one attached hydrogen (secondary N) is 1. The zero-order valence-corrected chi connectivity index (χ0v) is 11.0. The summed E-state index contributed by atoms with van der Waals surface area (Å²) in [6.07, 6.45) is 0. The molecule has 0 bridgehead atoms. The average molecular weight is 252 g/mol. The van der Waals surface area contributed by atoms with Crippen LogP contribution >= 0.6 is 0 Å². The third-order valence-corrected chi connectivity index (χ3v) is 3.12. The van der Waals surface area contributed by atoms with Gasteiger partial charge in [0.1, 0.15) is 5.75 Å². The van der Waals surface area contributed by atoms with E-state index in [1.807, 2.05) is 43.3 Å². The Hall–Kier alpha value is -2.47. The molecule has 0 heterocycles. The van der Waals surface area contributed by atoms with E-state index in [4.69, 9.17) is 5.26 Å². The molecule has 0 aliphatic rings. The molecule has 19 heavy (non-hydrogen) atoms. The van der Waals surface area contributed by atoms with Crippen LogP contribution in [0.4, 0.5) is 5.69 Å². The van der Waals surface area contributed by atoms with E-state index in [9.17, 15) is 5.11 Å². The standard InChI is InChI=1S/C16H16N2O/c1-11-9-15(7-8-16(11)19)18-12(2)14-5-3-13(10-17)4-6-14/h3-9,12,18-19H,1-2H3. The Bertz CT molecular complexity index is 612. The van der Waals surface area contributed by atoms with Gasteiger partial charge in [-0.1, -0.05) is 12.1 Å². The van der Waals surface area contributed by atoms with E-state index in [0.29, 0.717) is 11.3 Å². The van der Waals surface area contributed by atoms with Crippen LogP contribution in [-0.2, 0) is 0 Å². The van der Waals surface area contributed by atoms with Crippen molar-refractivity contribution in [2.24, 2.45) is 0 Å². The minimum Gasteiger partial charge on any atom is -0.508 e. The molecule has 3 nitrogen and oxygen atoms in total. The second kappa shape index (κ2) is 5.45. The van der Waals surface area contributed by atoms with Gasteiger partial charge in [0.2, 0.25) is 0 Å². The van der Waals surface area contributed by atoms with Crippen LogP contribution in [0.15, 0.2) is 42.5 Å². The Labute approximate surface area is 113 Å². The van der Waals surface area contributed by atoms with Crippen LogP contribution in [0.2, 0.25) is 0 Å². The quantitative estimate of drug-likeness (QED) is 0.818. The Morgan fingerprint density at radius 2 is 1.84 bits per heavy atom. The SMILES string of the molecule is Cc1cc(NC(C)c2ccc(C#N)cc2)ccc1O. The Kier molecular flexibility index (Phi) is 3.72. The number of aromatic hydroxyl groups is 1. The fourth-order valence-corrected chi connectivity index (χ4v) is 1.92. The van der Waals surface area contributed by atoms with Gasteiger partial charge >= 0.3 is 0 Å². The molecular formula is C16H16N2O. The van der Waals surface area contributed by atoms with Crippen LogP contribution in [0.3, 0.4) is 0 Å². The molecule has 2 rings (SSSR count). The van der Waals surface area contributed by atoms with Gasteiger partial charge in [-0.15, -0.1) is 0 Å². The van der Waals surface area contributed by atoms with Crippen molar-refractivity contribution in [3.63, 3.8) is 0 Å². The molecule has 0 aliphatic carbocycles. The number of phenols is 1. The van der Waals surface area contributed by atoms with Crippen LogP contribution in [0.5, 0.6) is 5.75 Å². The number of hydrogen-bond donors (Lipinski definition) is 2. The second-order valence-corrected chi connectivity index (χ2v) is 4.60. The second-order valence-electron chi connectivity index (χ2n) is 4.60. The van der Waals surface area contributed by atoms with Crippen LogP contribution in [0.1, 0.15) is 29.7 Å². The monoisotopic (exact) mass is 252 g/mol. The first-order valence-electron chi connectivity index (χ1n) is 6.16. The van der Waals surface area contributed by atoms with Gasteiger partial charge in [-0.3, -0.25) is 0 Å². The first-order chi connectivity index (χ1) is 9.10. The van der Waals surface area contributed by atoms with Gasteiger partial charge in [0.15, 0.2) is 0 Å². The summed E-state index contributed by atoms with van der Waals surface area (Å²) in [5.41, 5.74) is 3.59. The summed E-state index contributed by atoms with van der Waals surface area (Å²) in [6.45, 7) is 3.93. The number of anilines is 1. The summed E-state index contributed by atoms with van der Waals surface area (Å²) in [6, 6.07) is 15.2. The lowest BCUT2D eigenvalue weighted by Crippen LogP contribution is -2.06. The van der Waals surface area contributed by atoms with Crippen molar-refractivity contribution in [2.75, 3.05) is 5.32 Å². The first-order valence-corrected chi connectivity index (χ1v) is 6.16. The molecule has 1 unspecified atom stereocenters. The van der Waals surface area contributed by atoms with Crippen LogP contribution in [0, 0.1) is 18.3 Å². The molecule has 3 heteroatoms. The first kappa shape index (κ1) is 13.0. The van der Waals surface area contributed by atoms with Crippen LogP contribution < -0.4 is 5.32 Å². The maximum Gasteiger partial charge on any atom is 0.118 e. The highest BCUT2D eigenvalue weighted by Crippen LogP contribution is 2.24. The van der Waals surface area contributed by atoms with Gasteiger partial charge in [-0.25, -0.2) is 0 Å². The molecule has 2 N–H and O–H groups in total. The van der Waals surface area contributed by atoms with Gasteiger partial charge in [-0.05, 0) is 55.3 Å². The van der Waals surface area contributed by atoms with Crippen molar-refractivity contribution in [1.82, 2.24) is 0 Å². The normalized spacial score (nSPS) is 11.6. The summed E-state index contributed by atoms with van der Waals surface area (Å²) in [5.74, 6) is 0.302. The number of phenolic OH excluding ortho intramolecular Hbond substituents is 1. The Morgan fingerprint density at radius 3 is 2.42 bits per heavy atom. The van der Waals surface area contributed by atoms with E-state index < -0.39 is 0 Å². The number of rotatable bonds is 3. The predicted molar refractivity (Wildman–Crippen MR) is 76.0 cm³/mol. The number of nitrogens with zero attached hydrogens (tertiary/aromatic N) is 1. The summed E-state index contributed by atoms with van der Waals surface area (Å²) >= 11 is 0. The molecule has 0 fully saturated rings. The van der Waals surface area contributed by atoms with Crippen molar-refractivity contribution in [2.45, 2.75) is 19.9 Å². The zero-order chi connectivity index (χ0) is 13.8. The summed E-state index contributed by atoms with van der Waals surface area (Å²) in [5, 5.41) is 21.6. The minimum absolute atomic E-state index is 0.136. The summed E-state index contributed by atoms with van der Waals surface area (Å²) in [7, 11) is 0. The molecule has 2 aromatic rings. The summed E-state index contributed by atoms with van der Waals surface area (Å²) < 4.78 is 0. The predicted octanol–water partition coefficient (Wildman–Crippen LogP) is 3.75. The highest BCUT2D eigenvalue weighted by Gasteiger charge is 2.06. The molecule has 0 amide bonds. The third-order valence-electron chi connectivity index (χ3n) is 3.12. The van der Waals surface area contributed by atoms with Gasteiger partial charge in [0.05, 0.1) is 11.6 Å². The van der Waals surface area contributed by atoms with Crippen LogP contribution in [0.25, 0.3) is 0 Å². The summed E-state index contributed by atoms with van der Waals surface area (Å²) in [4.78, 5) is 0. The average Bonchev–Trinajstić information content (AvgIpc) is 2.43. The Balaban J connectivity index is 2.13. The molecular weight excluding hydrogens is 236 g/mol. The van der Waals surface area contributed by atoms with Gasteiger partial charge in [0, 0.05) is 11.7 Å². The number of aryl methyl sites for hydroxylation is 1. The largest absolute Gasteiger partial charge is 0.508 e. The van der Waals surface area contributed by atoms with Crippen LogP contribution in [-0.4, -0.2) is 5.11 Å². The van der Waals surface area contributed by atoms with Crippen molar-refractivity contribution in [1.29, 1.82) is 5.26 Å². The van der Waals surface area contributed by atoms with Crippen molar-refractivity contribution >= 4 is 5.69 Å². The lowest BCUT2D eigenvalue weighted by atomic mass is 10.1. The van der Waals surface area contributed by atoms with Gasteiger partial charge in [0.25, 0.3) is 0 Å². The third kappa shape index (κ3) is 3.05. The molecule has 96 valence electrons. The number of benzene rings is 2. The van der Waals surface area contributed by atoms with Gasteiger partial charge < -0.3 is 10.4 Å². The van der Waals surface area contributed by atoms with Crippen molar-refractivity contribution in [3.05, 3.63) is 59.2 Å². The molecule has 0 radical (unpaired) electrons. The van der Waals surface area contributed by atoms with E-state index in [2.05, 4.69) is 18.3 Å². The number of nitriles is 1. The van der Waals surface area contributed by atoms with E-state index in [1.165, 1.54) is 0 Å². The fourth-order valence-electron chi connectivity index (χ4n) is 1.92. The van der Waals surface area contributed by atoms with E-state index >= 15 is 0 Å². The topological polar surface area (TPSA) is 56.0 Å². The van der Waals surface area contributed by atoms with E-state index in [1.54, 1.807) is 6.07 Å².